The van der Waals surface area contributed by atoms with E-state index in [2.05, 4.69) is 15.1 Å². The topological polar surface area (TPSA) is 75.0 Å². The molecule has 1 fully saturated rings. The Morgan fingerprint density at radius 1 is 1.21 bits per heavy atom. The number of nitrogens with one attached hydrogen (secondary N) is 1. The van der Waals surface area contributed by atoms with Crippen LogP contribution in [0.25, 0.3) is 22.4 Å². The van der Waals surface area contributed by atoms with Gasteiger partial charge < -0.3 is 14.4 Å². The Morgan fingerprint density at radius 3 is 3.04 bits per heavy atom. The summed E-state index contributed by atoms with van der Waals surface area (Å²) in [6.45, 7) is 1.10. The van der Waals surface area contributed by atoms with Gasteiger partial charge in [-0.05, 0) is 41.3 Å². The second kappa shape index (κ2) is 6.80. The van der Waals surface area contributed by atoms with Crippen molar-refractivity contribution >= 4 is 28.4 Å². The molecule has 7 heteroatoms. The van der Waals surface area contributed by atoms with E-state index < -0.39 is 0 Å². The van der Waals surface area contributed by atoms with Crippen molar-refractivity contribution in [2.45, 2.75) is 18.9 Å². The number of likely N-dealkylation sites (tertiary alicyclic amines) is 1. The van der Waals surface area contributed by atoms with Gasteiger partial charge in [-0.25, -0.2) is 0 Å². The summed E-state index contributed by atoms with van der Waals surface area (Å²) in [5, 5.41) is 5.93. The van der Waals surface area contributed by atoms with Gasteiger partial charge >= 0.3 is 0 Å². The van der Waals surface area contributed by atoms with Crippen LogP contribution in [-0.4, -0.2) is 32.5 Å². The van der Waals surface area contributed by atoms with E-state index in [4.69, 9.17) is 16.1 Å². The Hall–Kier alpha value is -3.12. The molecule has 0 aliphatic carbocycles. The molecule has 1 aliphatic heterocycles. The molecule has 1 amide bonds. The largest absolute Gasteiger partial charge is 0.361 e. The van der Waals surface area contributed by atoms with Crippen LogP contribution >= 0.6 is 11.6 Å². The van der Waals surface area contributed by atoms with E-state index >= 15 is 0 Å². The molecule has 6 nitrogen and oxygen atoms in total. The Labute approximate surface area is 166 Å². The molecule has 3 heterocycles. The lowest BCUT2D eigenvalue weighted by molar-refractivity contribution is -0.128. The minimum Gasteiger partial charge on any atom is -0.361 e. The van der Waals surface area contributed by atoms with Gasteiger partial charge in [-0.15, -0.1) is 0 Å². The predicted octanol–water partition coefficient (Wildman–Crippen LogP) is 4.39. The number of amides is 1. The van der Waals surface area contributed by atoms with E-state index in [-0.39, 0.29) is 11.8 Å². The fourth-order valence-corrected chi connectivity index (χ4v) is 3.87. The molecule has 4 aromatic rings. The number of halogens is 1. The smallest absolute Gasteiger partial charge is 0.258 e. The number of rotatable bonds is 4. The van der Waals surface area contributed by atoms with Crippen LogP contribution in [0, 0.1) is 0 Å². The van der Waals surface area contributed by atoms with Gasteiger partial charge in [0.25, 0.3) is 5.89 Å². The van der Waals surface area contributed by atoms with Crippen LogP contribution in [0.2, 0.25) is 5.02 Å². The number of hydrogen-bond donors (Lipinski definition) is 1. The van der Waals surface area contributed by atoms with Crippen LogP contribution in [0.5, 0.6) is 0 Å². The third-order valence-corrected chi connectivity index (χ3v) is 5.32. The van der Waals surface area contributed by atoms with Crippen LogP contribution < -0.4 is 0 Å². The lowest BCUT2D eigenvalue weighted by Gasteiger charge is -2.16. The molecule has 0 spiro atoms. The number of nitrogens with zero attached hydrogens (tertiary/aromatic N) is 3. The highest BCUT2D eigenvalue weighted by molar-refractivity contribution is 6.30. The Kier molecular flexibility index (Phi) is 4.13. The van der Waals surface area contributed by atoms with E-state index in [1.807, 2.05) is 59.6 Å². The zero-order valence-electron chi connectivity index (χ0n) is 14.9. The summed E-state index contributed by atoms with van der Waals surface area (Å²) >= 11 is 6.04. The molecule has 2 aromatic heterocycles. The number of carbonyl (C=O) groups excluding carboxylic acids is 1. The molecule has 2 aromatic carbocycles. The molecular formula is C21H17ClN4O2. The molecule has 5 rings (SSSR count). The van der Waals surface area contributed by atoms with Crippen molar-refractivity contribution in [3.63, 3.8) is 0 Å². The van der Waals surface area contributed by atoms with E-state index in [1.54, 1.807) is 0 Å². The minimum atomic E-state index is -0.0709. The maximum atomic E-state index is 12.4. The first-order valence-electron chi connectivity index (χ1n) is 9.09. The predicted molar refractivity (Wildman–Crippen MR) is 106 cm³/mol. The van der Waals surface area contributed by atoms with Gasteiger partial charge in [0.2, 0.25) is 5.91 Å². The highest BCUT2D eigenvalue weighted by Crippen LogP contribution is 2.30. The van der Waals surface area contributed by atoms with Crippen molar-refractivity contribution in [2.24, 2.45) is 0 Å². The molecule has 1 aliphatic rings. The maximum Gasteiger partial charge on any atom is 0.258 e. The van der Waals surface area contributed by atoms with Gasteiger partial charge in [-0.3, -0.25) is 4.79 Å². The van der Waals surface area contributed by atoms with Crippen LogP contribution in [0.4, 0.5) is 0 Å². The maximum absolute atomic E-state index is 12.4. The van der Waals surface area contributed by atoms with Crippen molar-refractivity contribution in [1.82, 2.24) is 20.0 Å². The number of aromatic amines is 1. The highest BCUT2D eigenvalue weighted by atomic mass is 35.5. The Balaban J connectivity index is 1.33. The molecule has 1 saturated heterocycles. The number of H-pyrrole nitrogens is 1. The number of fused-ring (bicyclic) bond motifs is 1. The van der Waals surface area contributed by atoms with Crippen molar-refractivity contribution in [1.29, 1.82) is 0 Å². The van der Waals surface area contributed by atoms with Crippen LogP contribution in [0.15, 0.2) is 59.3 Å². The standard InChI is InChI=1S/C21H17ClN4O2/c22-17-3-1-2-13(8-17)11-26-12-16(10-19(26)27)20-24-21(28-25-20)15-5-4-14-6-7-23-18(14)9-15/h1-9,16,23H,10-12H2. The number of carbonyl (C=O) groups is 1. The molecule has 1 atom stereocenters. The van der Waals surface area contributed by atoms with Gasteiger partial charge in [-0.2, -0.15) is 4.98 Å². The zero-order valence-corrected chi connectivity index (χ0v) is 15.7. The van der Waals surface area contributed by atoms with E-state index in [0.29, 0.717) is 36.2 Å². The van der Waals surface area contributed by atoms with Crippen LogP contribution in [0.1, 0.15) is 23.7 Å². The third-order valence-electron chi connectivity index (χ3n) is 5.09. The second-order valence-electron chi connectivity index (χ2n) is 7.04. The summed E-state index contributed by atoms with van der Waals surface area (Å²) in [5.74, 6) is 1.05. The summed E-state index contributed by atoms with van der Waals surface area (Å²) in [4.78, 5) is 22.0. The van der Waals surface area contributed by atoms with Crippen LogP contribution in [-0.2, 0) is 11.3 Å². The van der Waals surface area contributed by atoms with Gasteiger partial charge in [0.15, 0.2) is 5.82 Å². The number of benzene rings is 2. The summed E-state index contributed by atoms with van der Waals surface area (Å²) in [7, 11) is 0. The van der Waals surface area contributed by atoms with E-state index in [1.165, 1.54) is 0 Å². The Bertz CT molecular complexity index is 1170. The molecule has 28 heavy (non-hydrogen) atoms. The second-order valence-corrected chi connectivity index (χ2v) is 7.48. The fourth-order valence-electron chi connectivity index (χ4n) is 3.65. The summed E-state index contributed by atoms with van der Waals surface area (Å²) in [5.41, 5.74) is 2.88. The quantitative estimate of drug-likeness (QED) is 0.559. The monoisotopic (exact) mass is 392 g/mol. The average Bonchev–Trinajstić information content (AvgIpc) is 3.41. The zero-order chi connectivity index (χ0) is 19.1. The lowest BCUT2D eigenvalue weighted by atomic mass is 10.1. The molecule has 0 saturated carbocycles. The van der Waals surface area contributed by atoms with Crippen molar-refractivity contribution in [3.05, 3.63) is 71.1 Å². The summed E-state index contributed by atoms with van der Waals surface area (Å²) in [6, 6.07) is 15.5. The number of aromatic nitrogens is 3. The van der Waals surface area contributed by atoms with E-state index in [9.17, 15) is 4.79 Å². The van der Waals surface area contributed by atoms with Gasteiger partial charge in [0.05, 0.1) is 0 Å². The molecule has 1 N–H and O–H groups in total. The van der Waals surface area contributed by atoms with Crippen molar-refractivity contribution in [2.75, 3.05) is 6.54 Å². The normalized spacial score (nSPS) is 17.0. The van der Waals surface area contributed by atoms with Crippen LogP contribution in [0.3, 0.4) is 0 Å². The highest BCUT2D eigenvalue weighted by Gasteiger charge is 2.33. The lowest BCUT2D eigenvalue weighted by Crippen LogP contribution is -2.24. The van der Waals surface area contributed by atoms with E-state index in [0.717, 1.165) is 22.0 Å². The van der Waals surface area contributed by atoms with Gasteiger partial charge in [-0.1, -0.05) is 35.0 Å². The minimum absolute atomic E-state index is 0.0709. The SMILES string of the molecule is O=C1CC(c2noc(-c3ccc4cc[nH]c4c3)n2)CN1Cc1cccc(Cl)c1. The fraction of sp³-hybridized carbons (Fsp3) is 0.190. The Morgan fingerprint density at radius 2 is 2.14 bits per heavy atom. The molecular weight excluding hydrogens is 376 g/mol. The first-order valence-corrected chi connectivity index (χ1v) is 9.47. The molecule has 0 bridgehead atoms. The summed E-state index contributed by atoms with van der Waals surface area (Å²) in [6.07, 6.45) is 2.28. The number of hydrogen-bond acceptors (Lipinski definition) is 4. The van der Waals surface area contributed by atoms with Crippen molar-refractivity contribution < 1.29 is 9.32 Å². The summed E-state index contributed by atoms with van der Waals surface area (Å²) < 4.78 is 5.47. The third kappa shape index (κ3) is 3.16. The molecule has 1 unspecified atom stereocenters. The first kappa shape index (κ1) is 17.0. The molecule has 140 valence electrons. The molecule has 0 radical (unpaired) electrons. The van der Waals surface area contributed by atoms with Crippen molar-refractivity contribution in [3.8, 4) is 11.5 Å². The average molecular weight is 393 g/mol. The van der Waals surface area contributed by atoms with Gasteiger partial charge in [0.1, 0.15) is 0 Å². The van der Waals surface area contributed by atoms with Gasteiger partial charge in [0, 0.05) is 47.7 Å². The first-order chi connectivity index (χ1) is 13.7.